The van der Waals surface area contributed by atoms with Gasteiger partial charge in [0.2, 0.25) is 11.8 Å². The van der Waals surface area contributed by atoms with E-state index in [0.29, 0.717) is 5.02 Å². The molecule has 138 valence electrons. The van der Waals surface area contributed by atoms with Crippen molar-refractivity contribution in [2.45, 2.75) is 32.6 Å². The van der Waals surface area contributed by atoms with E-state index in [-0.39, 0.29) is 24.8 Å². The summed E-state index contributed by atoms with van der Waals surface area (Å²) < 4.78 is 0.899. The number of halogens is 2. The Morgan fingerprint density at radius 1 is 1.12 bits per heavy atom. The van der Waals surface area contributed by atoms with Crippen LogP contribution in [0.1, 0.15) is 31.4 Å². The predicted molar refractivity (Wildman–Crippen MR) is 110 cm³/mol. The van der Waals surface area contributed by atoms with E-state index < -0.39 is 5.41 Å². The number of anilines is 1. The Kier molecular flexibility index (Phi) is 6.84. The van der Waals surface area contributed by atoms with E-state index >= 15 is 0 Å². The average molecular weight is 438 g/mol. The number of rotatable bonds is 6. The fourth-order valence-corrected chi connectivity index (χ4v) is 2.94. The van der Waals surface area contributed by atoms with Gasteiger partial charge in [0.05, 0.1) is 5.41 Å². The van der Waals surface area contributed by atoms with Gasteiger partial charge in [-0.2, -0.15) is 0 Å². The van der Waals surface area contributed by atoms with Crippen LogP contribution in [-0.2, 0) is 15.0 Å². The standard InChI is InChI=1S/C20H22BrClN2O2/c1-13-4-7-15(21)12-17(13)24-18(25)10-11-23-19(26)20(2,3)14-5-8-16(22)9-6-14/h4-9,12H,10-11H2,1-3H3,(H,23,26)(H,24,25). The van der Waals surface area contributed by atoms with Crippen molar-refractivity contribution in [2.24, 2.45) is 0 Å². The Balaban J connectivity index is 1.88. The van der Waals surface area contributed by atoms with Crippen LogP contribution in [0.2, 0.25) is 5.02 Å². The first-order valence-corrected chi connectivity index (χ1v) is 9.47. The quantitative estimate of drug-likeness (QED) is 0.680. The lowest BCUT2D eigenvalue weighted by atomic mass is 9.84. The number of carbonyl (C=O) groups excluding carboxylic acids is 2. The molecule has 4 nitrogen and oxygen atoms in total. The molecule has 0 aliphatic heterocycles. The molecule has 0 heterocycles. The van der Waals surface area contributed by atoms with Crippen LogP contribution < -0.4 is 10.6 Å². The fraction of sp³-hybridized carbons (Fsp3) is 0.300. The van der Waals surface area contributed by atoms with Crippen molar-refractivity contribution in [3.05, 3.63) is 63.1 Å². The lowest BCUT2D eigenvalue weighted by molar-refractivity contribution is -0.125. The van der Waals surface area contributed by atoms with Crippen LogP contribution >= 0.6 is 27.5 Å². The molecule has 0 fully saturated rings. The number of hydrogen-bond acceptors (Lipinski definition) is 2. The molecular weight excluding hydrogens is 416 g/mol. The Morgan fingerprint density at radius 3 is 2.42 bits per heavy atom. The highest BCUT2D eigenvalue weighted by molar-refractivity contribution is 9.10. The molecule has 2 N–H and O–H groups in total. The SMILES string of the molecule is Cc1ccc(Br)cc1NC(=O)CCNC(=O)C(C)(C)c1ccc(Cl)cc1. The van der Waals surface area contributed by atoms with Crippen LogP contribution in [0.3, 0.4) is 0 Å². The number of amides is 2. The molecule has 0 radical (unpaired) electrons. The Hall–Kier alpha value is -1.85. The van der Waals surface area contributed by atoms with Gasteiger partial charge in [0, 0.05) is 28.1 Å². The molecule has 0 aliphatic carbocycles. The Labute approximate surface area is 167 Å². The van der Waals surface area contributed by atoms with E-state index in [4.69, 9.17) is 11.6 Å². The first-order chi connectivity index (χ1) is 12.2. The minimum absolute atomic E-state index is 0.133. The van der Waals surface area contributed by atoms with Crippen molar-refractivity contribution in [3.8, 4) is 0 Å². The molecule has 0 spiro atoms. The van der Waals surface area contributed by atoms with E-state index in [1.165, 1.54) is 0 Å². The summed E-state index contributed by atoms with van der Waals surface area (Å²) in [5.41, 5.74) is 1.90. The van der Waals surface area contributed by atoms with Gasteiger partial charge in [-0.3, -0.25) is 9.59 Å². The average Bonchev–Trinajstić information content (AvgIpc) is 2.58. The largest absolute Gasteiger partial charge is 0.355 e. The summed E-state index contributed by atoms with van der Waals surface area (Å²) >= 11 is 9.29. The zero-order valence-electron chi connectivity index (χ0n) is 15.0. The van der Waals surface area contributed by atoms with Gasteiger partial charge in [-0.05, 0) is 56.2 Å². The molecule has 2 amide bonds. The fourth-order valence-electron chi connectivity index (χ4n) is 2.45. The van der Waals surface area contributed by atoms with Crippen LogP contribution in [0.5, 0.6) is 0 Å². The summed E-state index contributed by atoms with van der Waals surface area (Å²) in [7, 11) is 0. The predicted octanol–water partition coefficient (Wildman–Crippen LogP) is 4.83. The third kappa shape index (κ3) is 5.32. The van der Waals surface area contributed by atoms with Crippen molar-refractivity contribution >= 4 is 45.0 Å². The van der Waals surface area contributed by atoms with Crippen molar-refractivity contribution in [2.75, 3.05) is 11.9 Å². The van der Waals surface area contributed by atoms with Gasteiger partial charge in [0.25, 0.3) is 0 Å². The minimum atomic E-state index is -0.706. The van der Waals surface area contributed by atoms with Crippen LogP contribution in [0.4, 0.5) is 5.69 Å². The summed E-state index contributed by atoms with van der Waals surface area (Å²) in [5, 5.41) is 6.33. The second-order valence-electron chi connectivity index (χ2n) is 6.65. The number of carbonyl (C=O) groups is 2. The summed E-state index contributed by atoms with van der Waals surface area (Å²) in [6.07, 6.45) is 0.203. The van der Waals surface area contributed by atoms with Gasteiger partial charge in [-0.25, -0.2) is 0 Å². The zero-order chi connectivity index (χ0) is 19.3. The molecular formula is C20H22BrClN2O2. The Morgan fingerprint density at radius 2 is 1.77 bits per heavy atom. The van der Waals surface area contributed by atoms with Gasteiger partial charge in [0.1, 0.15) is 0 Å². The number of aryl methyl sites for hydroxylation is 1. The van der Waals surface area contributed by atoms with Crippen LogP contribution in [0, 0.1) is 6.92 Å². The van der Waals surface area contributed by atoms with Crippen LogP contribution in [-0.4, -0.2) is 18.4 Å². The molecule has 0 saturated carbocycles. The number of benzene rings is 2. The van der Waals surface area contributed by atoms with E-state index in [9.17, 15) is 9.59 Å². The molecule has 0 aliphatic rings. The highest BCUT2D eigenvalue weighted by Crippen LogP contribution is 2.25. The van der Waals surface area contributed by atoms with Gasteiger partial charge in [-0.15, -0.1) is 0 Å². The topological polar surface area (TPSA) is 58.2 Å². The molecule has 2 aromatic rings. The lowest BCUT2D eigenvalue weighted by Gasteiger charge is -2.24. The molecule has 0 bridgehead atoms. The third-order valence-corrected chi connectivity index (χ3v) is 4.99. The van der Waals surface area contributed by atoms with Crippen molar-refractivity contribution in [3.63, 3.8) is 0 Å². The smallest absolute Gasteiger partial charge is 0.230 e. The summed E-state index contributed by atoms with van der Waals surface area (Å²) in [6, 6.07) is 12.9. The molecule has 0 atom stereocenters. The number of nitrogens with one attached hydrogen (secondary N) is 2. The summed E-state index contributed by atoms with van der Waals surface area (Å²) in [5.74, 6) is -0.276. The lowest BCUT2D eigenvalue weighted by Crippen LogP contribution is -2.41. The maximum Gasteiger partial charge on any atom is 0.230 e. The molecule has 2 rings (SSSR count). The monoisotopic (exact) mass is 436 g/mol. The Bertz CT molecular complexity index is 804. The number of hydrogen-bond donors (Lipinski definition) is 2. The maximum atomic E-state index is 12.5. The van der Waals surface area contributed by atoms with Crippen LogP contribution in [0.15, 0.2) is 46.9 Å². The highest BCUT2D eigenvalue weighted by Gasteiger charge is 2.29. The first-order valence-electron chi connectivity index (χ1n) is 8.30. The van der Waals surface area contributed by atoms with Crippen molar-refractivity contribution < 1.29 is 9.59 Å². The molecule has 26 heavy (non-hydrogen) atoms. The van der Waals surface area contributed by atoms with E-state index in [2.05, 4.69) is 26.6 Å². The highest BCUT2D eigenvalue weighted by atomic mass is 79.9. The summed E-state index contributed by atoms with van der Waals surface area (Å²) in [4.78, 5) is 24.6. The van der Waals surface area contributed by atoms with E-state index in [1.807, 2.05) is 51.1 Å². The molecule has 0 aromatic heterocycles. The zero-order valence-corrected chi connectivity index (χ0v) is 17.4. The minimum Gasteiger partial charge on any atom is -0.355 e. The molecule has 2 aromatic carbocycles. The normalized spacial score (nSPS) is 11.1. The first kappa shape index (κ1) is 20.5. The molecule has 0 unspecified atom stereocenters. The van der Waals surface area contributed by atoms with Crippen LogP contribution in [0.25, 0.3) is 0 Å². The summed E-state index contributed by atoms with van der Waals surface area (Å²) in [6.45, 7) is 5.89. The van der Waals surface area contributed by atoms with Gasteiger partial charge in [0.15, 0.2) is 0 Å². The molecule has 6 heteroatoms. The second kappa shape index (κ2) is 8.69. The van der Waals surface area contributed by atoms with Gasteiger partial charge in [-0.1, -0.05) is 45.7 Å². The van der Waals surface area contributed by atoms with Crippen molar-refractivity contribution in [1.29, 1.82) is 0 Å². The second-order valence-corrected chi connectivity index (χ2v) is 8.00. The van der Waals surface area contributed by atoms with E-state index in [1.54, 1.807) is 12.1 Å². The third-order valence-electron chi connectivity index (χ3n) is 4.24. The van der Waals surface area contributed by atoms with E-state index in [0.717, 1.165) is 21.3 Å². The van der Waals surface area contributed by atoms with Gasteiger partial charge >= 0.3 is 0 Å². The van der Waals surface area contributed by atoms with Gasteiger partial charge < -0.3 is 10.6 Å². The van der Waals surface area contributed by atoms with Crippen molar-refractivity contribution in [1.82, 2.24) is 5.32 Å². The molecule has 0 saturated heterocycles. The maximum absolute atomic E-state index is 12.5.